The summed E-state index contributed by atoms with van der Waals surface area (Å²) in [5, 5.41) is 20.7. The summed E-state index contributed by atoms with van der Waals surface area (Å²) < 4.78 is 0. The Bertz CT molecular complexity index is 433. The number of nitrogen functional groups attached to an aromatic ring is 1. The Morgan fingerprint density at radius 2 is 2.05 bits per heavy atom. The van der Waals surface area contributed by atoms with E-state index in [0.717, 1.165) is 0 Å². The molecule has 0 saturated carbocycles. The number of rotatable bonds is 4. The monoisotopic (exact) mass is 268 g/mol. The molecule has 0 aromatic carbocycles. The van der Waals surface area contributed by atoms with Crippen LogP contribution >= 0.6 is 0 Å². The number of nitrogens with zero attached hydrogens (tertiary/aromatic N) is 3. The normalized spacial score (nSPS) is 22.8. The number of hydrogen-bond acceptors (Lipinski definition) is 7. The van der Waals surface area contributed by atoms with Crippen LogP contribution in [0.5, 0.6) is 0 Å². The van der Waals surface area contributed by atoms with Crippen LogP contribution in [0.1, 0.15) is 6.92 Å². The van der Waals surface area contributed by atoms with E-state index in [9.17, 15) is 10.2 Å². The quantitative estimate of drug-likeness (QED) is 0.639. The van der Waals surface area contributed by atoms with Crippen LogP contribution in [0.4, 0.5) is 17.3 Å². The van der Waals surface area contributed by atoms with Crippen LogP contribution in [-0.4, -0.2) is 54.1 Å². The molecule has 7 nitrogen and oxygen atoms in total. The van der Waals surface area contributed by atoms with Gasteiger partial charge in [0, 0.05) is 20.1 Å². The van der Waals surface area contributed by atoms with E-state index in [0.29, 0.717) is 37.0 Å². The molecule has 1 saturated heterocycles. The highest BCUT2D eigenvalue weighted by molar-refractivity contribution is 5.65. The van der Waals surface area contributed by atoms with Crippen molar-refractivity contribution in [2.45, 2.75) is 19.1 Å². The number of hydrogen-bond donors (Lipinski definition) is 3. The molecule has 0 aliphatic carbocycles. The highest BCUT2D eigenvalue weighted by Gasteiger charge is 2.30. The smallest absolute Gasteiger partial charge is 0.177 e. The zero-order valence-electron chi connectivity index (χ0n) is 11.2. The van der Waals surface area contributed by atoms with E-state index in [-0.39, 0.29) is 0 Å². The van der Waals surface area contributed by atoms with Crippen molar-refractivity contribution < 1.29 is 15.1 Å². The minimum atomic E-state index is -0.743. The molecule has 2 rings (SSSR count). The Morgan fingerprint density at radius 3 is 2.63 bits per heavy atom. The zero-order valence-corrected chi connectivity index (χ0v) is 11.2. The van der Waals surface area contributed by atoms with Gasteiger partial charge in [0.2, 0.25) is 0 Å². The summed E-state index contributed by atoms with van der Waals surface area (Å²) in [4.78, 5) is 11.6. The molecule has 1 aliphatic heterocycles. The fourth-order valence-electron chi connectivity index (χ4n) is 2.09. The number of aromatic nitrogens is 1. The molecule has 2 atom stereocenters. The van der Waals surface area contributed by atoms with Crippen molar-refractivity contribution in [1.82, 2.24) is 4.98 Å². The second-order valence-electron chi connectivity index (χ2n) is 4.54. The molecule has 0 radical (unpaired) electrons. The standard InChI is InChI=1S/C12H20N4O3/c1-3-19-15(2)12-8(13)4-5-11(14-12)16-6-9(17)10(18)7-16/h4-5,9-10,17-18H,3,6-7,13H2,1-2H3. The fourth-order valence-corrected chi connectivity index (χ4v) is 2.09. The average Bonchev–Trinajstić information content (AvgIpc) is 2.70. The molecule has 19 heavy (non-hydrogen) atoms. The average molecular weight is 268 g/mol. The molecule has 0 spiro atoms. The molecule has 4 N–H and O–H groups in total. The molecule has 1 aromatic rings. The van der Waals surface area contributed by atoms with Gasteiger partial charge in [-0.1, -0.05) is 0 Å². The Hall–Kier alpha value is -1.57. The number of anilines is 3. The Labute approximate surface area is 112 Å². The predicted octanol–water partition coefficient (Wildman–Crippen LogP) is -0.407. The first-order valence-electron chi connectivity index (χ1n) is 6.27. The summed E-state index contributed by atoms with van der Waals surface area (Å²) in [6, 6.07) is 3.51. The second-order valence-corrected chi connectivity index (χ2v) is 4.54. The van der Waals surface area contributed by atoms with Crippen molar-refractivity contribution in [2.24, 2.45) is 0 Å². The van der Waals surface area contributed by atoms with Crippen LogP contribution < -0.4 is 15.7 Å². The molecule has 0 bridgehead atoms. The number of pyridine rings is 1. The lowest BCUT2D eigenvalue weighted by Gasteiger charge is -2.22. The molecular formula is C12H20N4O3. The number of nitrogens with two attached hydrogens (primary N) is 1. The van der Waals surface area contributed by atoms with Crippen LogP contribution in [0.2, 0.25) is 0 Å². The summed E-state index contributed by atoms with van der Waals surface area (Å²) in [7, 11) is 1.74. The Morgan fingerprint density at radius 1 is 1.42 bits per heavy atom. The van der Waals surface area contributed by atoms with Crippen LogP contribution in [0, 0.1) is 0 Å². The molecule has 1 aliphatic rings. The molecule has 0 amide bonds. The fraction of sp³-hybridized carbons (Fsp3) is 0.583. The van der Waals surface area contributed by atoms with Gasteiger partial charge in [0.1, 0.15) is 5.82 Å². The van der Waals surface area contributed by atoms with Crippen LogP contribution in [-0.2, 0) is 4.84 Å². The minimum absolute atomic E-state index is 0.357. The molecule has 7 heteroatoms. The lowest BCUT2D eigenvalue weighted by molar-refractivity contribution is 0.0572. The molecule has 106 valence electrons. The number of β-amino-alcohol motifs (C(OH)–C–C–N with tert-alkyl or cyclic N) is 2. The van der Waals surface area contributed by atoms with Gasteiger partial charge in [0.25, 0.3) is 0 Å². The predicted molar refractivity (Wildman–Crippen MR) is 72.9 cm³/mol. The van der Waals surface area contributed by atoms with Gasteiger partial charge in [-0.3, -0.25) is 4.84 Å². The van der Waals surface area contributed by atoms with Gasteiger partial charge >= 0.3 is 0 Å². The van der Waals surface area contributed by atoms with Crippen molar-refractivity contribution in [2.75, 3.05) is 42.4 Å². The van der Waals surface area contributed by atoms with E-state index in [2.05, 4.69) is 4.98 Å². The third-order valence-corrected chi connectivity index (χ3v) is 3.09. The van der Waals surface area contributed by atoms with E-state index in [1.54, 1.807) is 19.2 Å². The van der Waals surface area contributed by atoms with Gasteiger partial charge in [0.05, 0.1) is 24.5 Å². The highest BCUT2D eigenvalue weighted by Crippen LogP contribution is 2.26. The Balaban J connectivity index is 2.21. The maximum Gasteiger partial charge on any atom is 0.177 e. The summed E-state index contributed by atoms with van der Waals surface area (Å²) in [6.45, 7) is 3.11. The lowest BCUT2D eigenvalue weighted by atomic mass is 10.3. The summed E-state index contributed by atoms with van der Waals surface area (Å²) in [5.41, 5.74) is 6.39. The van der Waals surface area contributed by atoms with E-state index >= 15 is 0 Å². The van der Waals surface area contributed by atoms with Crippen LogP contribution in [0.3, 0.4) is 0 Å². The first kappa shape index (κ1) is 13.9. The van der Waals surface area contributed by atoms with Gasteiger partial charge < -0.3 is 20.8 Å². The number of aliphatic hydroxyl groups is 2. The van der Waals surface area contributed by atoms with E-state index in [1.165, 1.54) is 5.06 Å². The number of hydroxylamine groups is 1. The van der Waals surface area contributed by atoms with Gasteiger partial charge in [-0.05, 0) is 19.1 Å². The van der Waals surface area contributed by atoms with Crippen molar-refractivity contribution in [1.29, 1.82) is 0 Å². The van der Waals surface area contributed by atoms with E-state index in [4.69, 9.17) is 10.6 Å². The van der Waals surface area contributed by atoms with Gasteiger partial charge in [-0.15, -0.1) is 0 Å². The van der Waals surface area contributed by atoms with Gasteiger partial charge in [-0.2, -0.15) is 0 Å². The second kappa shape index (κ2) is 5.60. The third kappa shape index (κ3) is 2.89. The van der Waals surface area contributed by atoms with Gasteiger partial charge in [0.15, 0.2) is 5.82 Å². The van der Waals surface area contributed by atoms with Crippen molar-refractivity contribution in [3.63, 3.8) is 0 Å². The summed E-state index contributed by atoms with van der Waals surface area (Å²) in [5.74, 6) is 1.18. The maximum absolute atomic E-state index is 9.57. The van der Waals surface area contributed by atoms with E-state index < -0.39 is 12.2 Å². The SMILES string of the molecule is CCON(C)c1nc(N2CC(O)C(O)C2)ccc1N. The van der Waals surface area contributed by atoms with Crippen LogP contribution in [0.15, 0.2) is 12.1 Å². The summed E-state index contributed by atoms with van der Waals surface area (Å²) >= 11 is 0. The van der Waals surface area contributed by atoms with Crippen molar-refractivity contribution in [3.05, 3.63) is 12.1 Å². The summed E-state index contributed by atoms with van der Waals surface area (Å²) in [6.07, 6.45) is -1.49. The zero-order chi connectivity index (χ0) is 14.0. The molecule has 2 heterocycles. The van der Waals surface area contributed by atoms with Crippen molar-refractivity contribution >= 4 is 17.3 Å². The largest absolute Gasteiger partial charge is 0.396 e. The molecular weight excluding hydrogens is 248 g/mol. The topological polar surface area (TPSA) is 95.1 Å². The molecule has 1 aromatic heterocycles. The lowest BCUT2D eigenvalue weighted by Crippen LogP contribution is -2.25. The Kier molecular flexibility index (Phi) is 4.08. The molecule has 2 unspecified atom stereocenters. The first-order valence-corrected chi connectivity index (χ1v) is 6.27. The number of aliphatic hydroxyl groups excluding tert-OH is 2. The van der Waals surface area contributed by atoms with Crippen LogP contribution in [0.25, 0.3) is 0 Å². The van der Waals surface area contributed by atoms with Crippen molar-refractivity contribution in [3.8, 4) is 0 Å². The maximum atomic E-state index is 9.57. The highest BCUT2D eigenvalue weighted by atomic mass is 16.7. The third-order valence-electron chi connectivity index (χ3n) is 3.09. The van der Waals surface area contributed by atoms with E-state index in [1.807, 2.05) is 11.8 Å². The minimum Gasteiger partial charge on any atom is -0.396 e. The molecule has 1 fully saturated rings. The first-order chi connectivity index (χ1) is 9.02. The van der Waals surface area contributed by atoms with Gasteiger partial charge in [-0.25, -0.2) is 10.0 Å².